The highest BCUT2D eigenvalue weighted by molar-refractivity contribution is 7.87. The van der Waals surface area contributed by atoms with Crippen molar-refractivity contribution < 1.29 is 70.3 Å². The molecule has 17 nitrogen and oxygen atoms in total. The lowest BCUT2D eigenvalue weighted by atomic mass is 9.81. The number of carbonyl (C=O) groups is 4. The quantitative estimate of drug-likeness (QED) is 0.0709. The minimum Gasteiger partial charge on any atom is -0.456 e. The van der Waals surface area contributed by atoms with E-state index in [2.05, 4.69) is 0 Å². The molecule has 1 amide bonds. The summed E-state index contributed by atoms with van der Waals surface area (Å²) in [6, 6.07) is 3.51. The second-order valence-corrected chi connectivity index (χ2v) is 20.6. The van der Waals surface area contributed by atoms with E-state index < -0.39 is 127 Å². The fraction of sp³-hybridized carbons (Fsp3) is 0.708. The Hall–Kier alpha value is -3.98. The summed E-state index contributed by atoms with van der Waals surface area (Å²) in [6.45, 7) is 10.2. The standard InChI is InChI=1S/C48H69FN2O15S/c1-9-33-23-28(3)42(49)29(4)24-39(62-7)44-40(63-8)25-31(6)48(57,65-44)45(54)46(55)50-21-13-12-15-35(50)47(56)64-43(27(2)17-19-36(33)52)30(5)22-32-18-20-37(53)38(26-32)66-67(60,61)41-16-11-10-14-34(41)51(58)59/h10-11,14,16,22-23,27,29,31-33,35,37-40,42-44,53,57H,9,12-13,15,17-21,24-26H2,1-8H3. The fourth-order valence-corrected chi connectivity index (χ4v) is 11.5. The molecule has 0 aromatic heterocycles. The third-order valence-corrected chi connectivity index (χ3v) is 15.6. The zero-order valence-corrected chi connectivity index (χ0v) is 40.7. The maximum absolute atomic E-state index is 16.3. The summed E-state index contributed by atoms with van der Waals surface area (Å²) in [7, 11) is -1.86. The van der Waals surface area contributed by atoms with Crippen molar-refractivity contribution in [1.29, 1.82) is 0 Å². The van der Waals surface area contributed by atoms with Gasteiger partial charge in [-0.3, -0.25) is 28.7 Å². The molecular formula is C48H69FN2O15S. The van der Waals surface area contributed by atoms with Gasteiger partial charge in [0.05, 0.1) is 23.2 Å². The molecule has 3 fully saturated rings. The van der Waals surface area contributed by atoms with Crippen molar-refractivity contribution in [1.82, 2.24) is 4.90 Å². The Kier molecular flexibility index (Phi) is 18.6. The fourth-order valence-electron chi connectivity index (χ4n) is 10.2. The van der Waals surface area contributed by atoms with E-state index in [9.17, 15) is 47.9 Å². The molecule has 2 bridgehead atoms. The number of rotatable bonds is 9. The van der Waals surface area contributed by atoms with Gasteiger partial charge < -0.3 is 34.1 Å². The van der Waals surface area contributed by atoms with Crippen molar-refractivity contribution in [3.63, 3.8) is 0 Å². The number of piperidine rings is 1. The van der Waals surface area contributed by atoms with Crippen LogP contribution < -0.4 is 0 Å². The molecule has 3 aliphatic heterocycles. The minimum absolute atomic E-state index is 0.00413. The maximum atomic E-state index is 16.3. The topological polar surface area (TPSA) is 235 Å². The number of esters is 1. The number of carbonyl (C=O) groups excluding carboxylic acids is 4. The summed E-state index contributed by atoms with van der Waals surface area (Å²) in [5.74, 6) is -9.20. The van der Waals surface area contributed by atoms with Crippen molar-refractivity contribution in [2.45, 2.75) is 172 Å². The van der Waals surface area contributed by atoms with E-state index in [0.29, 0.717) is 36.8 Å². The number of cyclic esters (lactones) is 1. The molecule has 374 valence electrons. The molecule has 3 heterocycles. The number of para-hydroxylation sites is 1. The van der Waals surface area contributed by atoms with E-state index in [4.69, 9.17) is 23.1 Å². The minimum atomic E-state index is -4.70. The van der Waals surface area contributed by atoms with Gasteiger partial charge in [-0.1, -0.05) is 52.0 Å². The van der Waals surface area contributed by atoms with Gasteiger partial charge in [-0.2, -0.15) is 8.42 Å². The summed E-state index contributed by atoms with van der Waals surface area (Å²) < 4.78 is 72.5. The Morgan fingerprint density at radius 3 is 2.31 bits per heavy atom. The number of ether oxygens (including phenoxy) is 4. The summed E-state index contributed by atoms with van der Waals surface area (Å²) in [5, 5.41) is 34.6. The average molecular weight is 965 g/mol. The second-order valence-electron chi connectivity index (χ2n) is 19.0. The molecule has 1 aliphatic carbocycles. The number of nitro benzene ring substituents is 1. The van der Waals surface area contributed by atoms with E-state index in [-0.39, 0.29) is 57.3 Å². The molecule has 0 spiro atoms. The molecule has 14 atom stereocenters. The molecule has 67 heavy (non-hydrogen) atoms. The third kappa shape index (κ3) is 12.4. The summed E-state index contributed by atoms with van der Waals surface area (Å²) in [4.78, 5) is 68.2. The molecule has 1 aromatic carbocycles. The van der Waals surface area contributed by atoms with Gasteiger partial charge in [-0.15, -0.1) is 0 Å². The second kappa shape index (κ2) is 23.1. The Bertz CT molecular complexity index is 2130. The summed E-state index contributed by atoms with van der Waals surface area (Å²) in [5.41, 5.74) is 0.196. The number of nitro groups is 1. The number of aliphatic hydroxyl groups is 2. The smallest absolute Gasteiger partial charge is 0.329 e. The lowest BCUT2D eigenvalue weighted by Crippen LogP contribution is -2.64. The number of hydrogen-bond acceptors (Lipinski definition) is 15. The number of halogens is 1. The monoisotopic (exact) mass is 964 g/mol. The van der Waals surface area contributed by atoms with E-state index in [1.54, 1.807) is 46.8 Å². The average Bonchev–Trinajstić information content (AvgIpc) is 3.31. The van der Waals surface area contributed by atoms with E-state index in [1.807, 2.05) is 6.92 Å². The number of ketones is 2. The van der Waals surface area contributed by atoms with Crippen LogP contribution in [-0.2, 0) is 52.4 Å². The number of allylic oxidation sites excluding steroid dienone is 3. The molecule has 1 aromatic rings. The Morgan fingerprint density at radius 2 is 1.66 bits per heavy atom. The van der Waals surface area contributed by atoms with E-state index in [0.717, 1.165) is 17.0 Å². The molecular weight excluding hydrogens is 896 g/mol. The van der Waals surface area contributed by atoms with Crippen molar-refractivity contribution in [2.24, 2.45) is 29.6 Å². The first-order chi connectivity index (χ1) is 31.6. The number of amides is 1. The highest BCUT2D eigenvalue weighted by atomic mass is 32.2. The molecule has 4 aliphatic rings. The van der Waals surface area contributed by atoms with Gasteiger partial charge in [0.15, 0.2) is 4.90 Å². The number of aliphatic hydroxyl groups excluding tert-OH is 1. The number of fused-ring (bicyclic) bond motifs is 3. The van der Waals surface area contributed by atoms with Gasteiger partial charge in [0.2, 0.25) is 5.79 Å². The maximum Gasteiger partial charge on any atom is 0.329 e. The lowest BCUT2D eigenvalue weighted by molar-refractivity contribution is -0.387. The zero-order chi connectivity index (χ0) is 49.5. The third-order valence-electron chi connectivity index (χ3n) is 14.3. The first kappa shape index (κ1) is 54.0. The van der Waals surface area contributed by atoms with E-state index in [1.165, 1.54) is 26.4 Å². The number of Topliss-reactive ketones (excluding diaryl/α,β-unsaturated/α-hetero) is 2. The number of methoxy groups -OCH3 is 2. The Morgan fingerprint density at radius 1 is 0.985 bits per heavy atom. The molecule has 0 radical (unpaired) electrons. The SMILES string of the molecule is CCC1C=C(C)C(F)C(C)CC(OC)C2OC(O)(C(=O)C(=O)N3CCCCC3C(=O)OC(C(C)=CC3CCC(O)C(OS(=O)(=O)c4ccccc4[N+](=O)[O-])C3)C(C)CCC1=O)C(C)CC2OC. The molecule has 1 saturated carbocycles. The molecule has 5 rings (SSSR count). The molecule has 19 heteroatoms. The summed E-state index contributed by atoms with van der Waals surface area (Å²) in [6.07, 6.45) is -1.82. The molecule has 2 N–H and O–H groups in total. The van der Waals surface area contributed by atoms with E-state index >= 15 is 4.39 Å². The van der Waals surface area contributed by atoms with Gasteiger partial charge >= 0.3 is 16.1 Å². The molecule has 14 unspecified atom stereocenters. The van der Waals surface area contributed by atoms with Crippen LogP contribution in [0, 0.1) is 39.7 Å². The molecule has 2 saturated heterocycles. The van der Waals surface area contributed by atoms with Crippen LogP contribution in [0.4, 0.5) is 10.1 Å². The van der Waals surface area contributed by atoms with Gasteiger partial charge in [-0.25, -0.2) is 9.18 Å². The highest BCUT2D eigenvalue weighted by Gasteiger charge is 2.57. The van der Waals surface area contributed by atoms with Gasteiger partial charge in [-0.05, 0) is 113 Å². The normalized spacial score (nSPS) is 36.0. The van der Waals surface area contributed by atoms with Crippen LogP contribution in [0.1, 0.15) is 112 Å². The van der Waals surface area contributed by atoms with Crippen LogP contribution in [0.25, 0.3) is 0 Å². The largest absolute Gasteiger partial charge is 0.456 e. The van der Waals surface area contributed by atoms with Gasteiger partial charge in [0, 0.05) is 45.1 Å². The highest BCUT2D eigenvalue weighted by Crippen LogP contribution is 2.40. The van der Waals surface area contributed by atoms with Crippen molar-refractivity contribution in [3.05, 3.63) is 57.7 Å². The predicted octanol–water partition coefficient (Wildman–Crippen LogP) is 6.12. The van der Waals surface area contributed by atoms with Crippen molar-refractivity contribution in [2.75, 3.05) is 20.8 Å². The number of alkyl halides is 1. The Balaban J connectivity index is 1.50. The van der Waals surface area contributed by atoms with Crippen LogP contribution in [0.3, 0.4) is 0 Å². The van der Waals surface area contributed by atoms with Crippen molar-refractivity contribution >= 4 is 39.2 Å². The van der Waals surface area contributed by atoms with Gasteiger partial charge in [0.25, 0.3) is 17.4 Å². The van der Waals surface area contributed by atoms with Crippen molar-refractivity contribution in [3.8, 4) is 0 Å². The first-order valence-corrected chi connectivity index (χ1v) is 24.9. The van der Waals surface area contributed by atoms with Crippen LogP contribution >= 0.6 is 0 Å². The first-order valence-electron chi connectivity index (χ1n) is 23.5. The predicted molar refractivity (Wildman–Crippen MR) is 241 cm³/mol. The van der Waals surface area contributed by atoms with Gasteiger partial charge in [0.1, 0.15) is 36.3 Å². The Labute approximate surface area is 393 Å². The lowest BCUT2D eigenvalue weighted by Gasteiger charge is -2.47. The van der Waals surface area contributed by atoms with Crippen LogP contribution in [0.5, 0.6) is 0 Å². The zero-order valence-electron chi connectivity index (χ0n) is 39.8. The number of nitrogens with zero attached hydrogens (tertiary/aromatic N) is 2. The van der Waals surface area contributed by atoms with Crippen LogP contribution in [-0.4, -0.2) is 127 Å². The number of hydrogen-bond donors (Lipinski definition) is 2. The van der Waals surface area contributed by atoms with Crippen LogP contribution in [0.2, 0.25) is 0 Å². The number of benzene rings is 1. The summed E-state index contributed by atoms with van der Waals surface area (Å²) >= 11 is 0. The van der Waals surface area contributed by atoms with Crippen LogP contribution in [0.15, 0.2) is 52.5 Å².